The summed E-state index contributed by atoms with van der Waals surface area (Å²) < 4.78 is 43.2. The second kappa shape index (κ2) is 13.1. The Balaban J connectivity index is 1.13. The van der Waals surface area contributed by atoms with Gasteiger partial charge in [-0.05, 0) is 80.4 Å². The Morgan fingerprint density at radius 2 is 0.618 bits per heavy atom. The molecular formula is C48H34O4P2Si. The van der Waals surface area contributed by atoms with E-state index in [0.717, 1.165) is 32.6 Å². The number of para-hydroxylation sites is 2. The summed E-state index contributed by atoms with van der Waals surface area (Å²) in [5.41, 5.74) is 3.75. The summed E-state index contributed by atoms with van der Waals surface area (Å²) >= 11 is 0. The van der Waals surface area contributed by atoms with Crippen LogP contribution in [0.4, 0.5) is 0 Å². The Morgan fingerprint density at radius 1 is 0.309 bits per heavy atom. The van der Waals surface area contributed by atoms with Gasteiger partial charge in [0.05, 0.1) is 21.2 Å². The molecule has 8 aromatic carbocycles. The van der Waals surface area contributed by atoms with Crippen molar-refractivity contribution < 1.29 is 18.2 Å². The number of fused-ring (bicyclic) bond motifs is 6. The molecule has 10 rings (SSSR count). The van der Waals surface area contributed by atoms with Gasteiger partial charge in [-0.3, -0.25) is 9.13 Å². The van der Waals surface area contributed by atoms with E-state index in [2.05, 4.69) is 72.8 Å². The van der Waals surface area contributed by atoms with Gasteiger partial charge in [-0.15, -0.1) is 0 Å². The van der Waals surface area contributed by atoms with E-state index in [4.69, 9.17) is 9.05 Å². The highest BCUT2D eigenvalue weighted by molar-refractivity contribution is 7.75. The van der Waals surface area contributed by atoms with E-state index in [1.54, 1.807) is 0 Å². The van der Waals surface area contributed by atoms with Crippen molar-refractivity contribution in [3.8, 4) is 33.8 Å². The quantitative estimate of drug-likeness (QED) is 0.0993. The minimum atomic E-state index is -3.49. The summed E-state index contributed by atoms with van der Waals surface area (Å²) in [5, 5.41) is 7.33. The molecule has 0 N–H and O–H groups in total. The average molecular weight is 765 g/mol. The van der Waals surface area contributed by atoms with E-state index >= 15 is 9.13 Å². The first-order valence-electron chi connectivity index (χ1n) is 18.3. The van der Waals surface area contributed by atoms with Crippen molar-refractivity contribution in [2.45, 2.75) is 0 Å². The molecular weight excluding hydrogens is 731 g/mol. The molecule has 7 heteroatoms. The molecule has 0 aromatic heterocycles. The third-order valence-electron chi connectivity index (χ3n) is 10.9. The maximum Gasteiger partial charge on any atom is 0.307 e. The van der Waals surface area contributed by atoms with Crippen molar-refractivity contribution in [1.82, 2.24) is 0 Å². The summed E-state index contributed by atoms with van der Waals surface area (Å²) in [6.07, 6.45) is 0. The first-order chi connectivity index (χ1) is 27.0. The van der Waals surface area contributed by atoms with Gasteiger partial charge in [-0.1, -0.05) is 158 Å². The monoisotopic (exact) mass is 764 g/mol. The Morgan fingerprint density at radius 3 is 1.02 bits per heavy atom. The highest BCUT2D eigenvalue weighted by Crippen LogP contribution is 2.55. The normalized spacial score (nSPS) is 18.0. The summed E-state index contributed by atoms with van der Waals surface area (Å²) in [6, 6.07) is 69.1. The van der Waals surface area contributed by atoms with Gasteiger partial charge >= 0.3 is 14.7 Å². The maximum atomic E-state index is 15.1. The predicted octanol–water partition coefficient (Wildman–Crippen LogP) is 7.64. The molecule has 55 heavy (non-hydrogen) atoms. The molecule has 0 saturated carbocycles. The highest BCUT2D eigenvalue weighted by Gasteiger charge is 2.44. The molecule has 0 bridgehead atoms. The molecule has 0 radical (unpaired) electrons. The average Bonchev–Trinajstić information content (AvgIpc) is 3.25. The van der Waals surface area contributed by atoms with Crippen molar-refractivity contribution in [2.75, 3.05) is 0 Å². The van der Waals surface area contributed by atoms with Crippen LogP contribution in [-0.4, -0.2) is 8.07 Å². The Kier molecular flexibility index (Phi) is 8.01. The van der Waals surface area contributed by atoms with Crippen LogP contribution in [0.15, 0.2) is 206 Å². The molecule has 2 heterocycles. The molecule has 0 aliphatic carbocycles. The Bertz CT molecular complexity index is 2630. The fourth-order valence-corrected chi connectivity index (χ4v) is 17.6. The summed E-state index contributed by atoms with van der Waals surface area (Å²) in [4.78, 5) is 0. The van der Waals surface area contributed by atoms with Crippen LogP contribution in [0, 0.1) is 0 Å². The van der Waals surface area contributed by atoms with Crippen molar-refractivity contribution in [1.29, 1.82) is 0 Å². The Hall–Kier alpha value is -5.96. The molecule has 0 fully saturated rings. The molecule has 0 saturated heterocycles. The van der Waals surface area contributed by atoms with Crippen molar-refractivity contribution in [2.24, 2.45) is 0 Å². The summed E-state index contributed by atoms with van der Waals surface area (Å²) in [7, 11) is -9.98. The lowest BCUT2D eigenvalue weighted by atomic mass is 10.0. The molecule has 0 spiro atoms. The minimum Gasteiger partial charge on any atom is -0.436 e. The zero-order valence-corrected chi connectivity index (χ0v) is 32.4. The van der Waals surface area contributed by atoms with Crippen molar-refractivity contribution in [3.63, 3.8) is 0 Å². The van der Waals surface area contributed by atoms with E-state index in [-0.39, 0.29) is 0 Å². The van der Waals surface area contributed by atoms with E-state index in [1.807, 2.05) is 133 Å². The van der Waals surface area contributed by atoms with Crippen LogP contribution in [0.1, 0.15) is 0 Å². The van der Waals surface area contributed by atoms with Crippen LogP contribution in [0.2, 0.25) is 0 Å². The largest absolute Gasteiger partial charge is 0.436 e. The first-order valence-corrected chi connectivity index (χ1v) is 23.6. The van der Waals surface area contributed by atoms with Gasteiger partial charge in [-0.25, -0.2) is 0 Å². The molecule has 8 aromatic rings. The van der Waals surface area contributed by atoms with E-state index in [1.165, 1.54) is 10.4 Å². The number of hydrogen-bond donors (Lipinski definition) is 0. The van der Waals surface area contributed by atoms with Gasteiger partial charge < -0.3 is 9.05 Å². The van der Waals surface area contributed by atoms with Crippen LogP contribution >= 0.6 is 14.7 Å². The molecule has 0 amide bonds. The van der Waals surface area contributed by atoms with E-state index < -0.39 is 22.8 Å². The van der Waals surface area contributed by atoms with Crippen molar-refractivity contribution >= 4 is 64.8 Å². The van der Waals surface area contributed by atoms with Crippen molar-refractivity contribution in [3.05, 3.63) is 206 Å². The lowest BCUT2D eigenvalue weighted by Crippen LogP contribution is -2.74. The third kappa shape index (κ3) is 5.19. The first kappa shape index (κ1) is 33.6. The van der Waals surface area contributed by atoms with Gasteiger partial charge in [0.25, 0.3) is 0 Å². The van der Waals surface area contributed by atoms with Gasteiger partial charge in [0, 0.05) is 11.1 Å². The van der Waals surface area contributed by atoms with Gasteiger partial charge in [-0.2, -0.15) is 0 Å². The number of rotatable bonds is 6. The van der Waals surface area contributed by atoms with Gasteiger partial charge in [0.15, 0.2) is 8.07 Å². The number of hydrogen-bond acceptors (Lipinski definition) is 4. The molecule has 264 valence electrons. The highest BCUT2D eigenvalue weighted by atomic mass is 31.2. The fourth-order valence-electron chi connectivity index (χ4n) is 8.40. The van der Waals surface area contributed by atoms with Crippen LogP contribution in [0.5, 0.6) is 11.5 Å². The van der Waals surface area contributed by atoms with Gasteiger partial charge in [0.2, 0.25) is 0 Å². The van der Waals surface area contributed by atoms with Gasteiger partial charge in [0.1, 0.15) is 11.5 Å². The minimum absolute atomic E-state index is 0.623. The maximum absolute atomic E-state index is 15.1. The van der Waals surface area contributed by atoms with Crippen LogP contribution in [0.25, 0.3) is 22.3 Å². The zero-order valence-electron chi connectivity index (χ0n) is 29.7. The van der Waals surface area contributed by atoms with E-state index in [0.29, 0.717) is 32.7 Å². The topological polar surface area (TPSA) is 52.6 Å². The summed E-state index contributed by atoms with van der Waals surface area (Å²) in [6.45, 7) is 0. The lowest BCUT2D eigenvalue weighted by molar-refractivity contribution is 0.500. The smallest absolute Gasteiger partial charge is 0.307 e. The predicted molar refractivity (Wildman–Crippen MR) is 229 cm³/mol. The van der Waals surface area contributed by atoms with Crippen LogP contribution < -0.4 is 51.0 Å². The molecule has 2 aliphatic rings. The Labute approximate surface area is 321 Å². The zero-order chi connectivity index (χ0) is 37.0. The van der Waals surface area contributed by atoms with E-state index in [9.17, 15) is 0 Å². The summed E-state index contributed by atoms with van der Waals surface area (Å²) in [5.74, 6) is 1.25. The standard InChI is InChI=1S/C48H34O4P2Si/c49-53(47-25-13-9-21-43(47)41-19-7-11-23-45(41)51-53)35-27-31-39(32-28-35)55(37-15-3-1-4-16-37,38-17-5-2-6-18-38)40-33-29-36(30-34-40)54(50)48-26-14-10-22-44(48)42-20-8-12-24-46(42)52-54/h1-34H. The number of benzene rings is 8. The third-order valence-corrected chi connectivity index (χ3v) is 20.7. The molecule has 2 unspecified atom stereocenters. The lowest BCUT2D eigenvalue weighted by Gasteiger charge is -2.35. The second-order valence-corrected chi connectivity index (χ2v) is 22.3. The van der Waals surface area contributed by atoms with Crippen LogP contribution in [-0.2, 0) is 9.13 Å². The second-order valence-electron chi connectivity index (χ2n) is 13.9. The van der Waals surface area contributed by atoms with Crippen LogP contribution in [0.3, 0.4) is 0 Å². The molecule has 2 aliphatic heterocycles. The SMILES string of the molecule is O=P1(c2ccc([Si](c3ccccc3)(c3ccccc3)c3ccc(P4(=O)Oc5ccccc5-c5ccccc54)cc3)cc2)Oc2ccccc2-c2ccccc21. The fraction of sp³-hybridized carbons (Fsp3) is 0. The molecule has 4 nitrogen and oxygen atoms in total. The molecule has 2 atom stereocenters.